The number of amides is 1. The zero-order valence-electron chi connectivity index (χ0n) is 24.2. The maximum atomic E-state index is 13.6. The van der Waals surface area contributed by atoms with Crippen molar-refractivity contribution in [2.45, 2.75) is 51.7 Å². The van der Waals surface area contributed by atoms with Crippen LogP contribution in [-0.2, 0) is 9.53 Å². The van der Waals surface area contributed by atoms with Gasteiger partial charge in [-0.2, -0.15) is 0 Å². The van der Waals surface area contributed by atoms with Gasteiger partial charge >= 0.3 is 5.97 Å². The second-order valence-corrected chi connectivity index (χ2v) is 11.8. The first-order chi connectivity index (χ1) is 19.3. The number of benzene rings is 2. The molecule has 2 aliphatic heterocycles. The smallest absolute Gasteiger partial charge is 0.320 e. The molecule has 2 aromatic rings. The van der Waals surface area contributed by atoms with E-state index in [0.29, 0.717) is 50.4 Å². The van der Waals surface area contributed by atoms with Crippen LogP contribution >= 0.6 is 0 Å². The standard InChI is InChI=1S/C32H44N4O4/c1-4-40-30(38)22-33-13-15-34(16-14-33)32(39)28-9-5-7-26(17-28)31(27-8-6-10-29(37)18-27)36-20-23(2)35(19-24(36)3)21-25-11-12-25/h5-10,17-18,23-25,31,37H,4,11-16,19-22H2,1-3H3/t23-,24+,31?/m1/s1. The fourth-order valence-corrected chi connectivity index (χ4v) is 6.26. The molecule has 40 heavy (non-hydrogen) atoms. The molecule has 3 aliphatic rings. The lowest BCUT2D eigenvalue weighted by molar-refractivity contribution is -0.144. The molecule has 3 fully saturated rings. The third-order valence-electron chi connectivity index (χ3n) is 8.64. The van der Waals surface area contributed by atoms with Crippen LogP contribution in [0.1, 0.15) is 61.1 Å². The van der Waals surface area contributed by atoms with Crippen molar-refractivity contribution in [1.29, 1.82) is 0 Å². The minimum atomic E-state index is -0.218. The zero-order chi connectivity index (χ0) is 28.2. The van der Waals surface area contributed by atoms with Crippen molar-refractivity contribution in [1.82, 2.24) is 19.6 Å². The van der Waals surface area contributed by atoms with Crippen LogP contribution in [0.2, 0.25) is 0 Å². The fraction of sp³-hybridized carbons (Fsp3) is 0.562. The van der Waals surface area contributed by atoms with Crippen molar-refractivity contribution in [2.75, 3.05) is 59.0 Å². The molecule has 8 nitrogen and oxygen atoms in total. The van der Waals surface area contributed by atoms with E-state index in [9.17, 15) is 14.7 Å². The van der Waals surface area contributed by atoms with Crippen molar-refractivity contribution in [2.24, 2.45) is 5.92 Å². The maximum absolute atomic E-state index is 13.6. The predicted octanol–water partition coefficient (Wildman–Crippen LogP) is 3.61. The van der Waals surface area contributed by atoms with Crippen molar-refractivity contribution in [3.63, 3.8) is 0 Å². The minimum Gasteiger partial charge on any atom is -0.508 e. The lowest BCUT2D eigenvalue weighted by Gasteiger charge is -2.48. The van der Waals surface area contributed by atoms with E-state index in [2.05, 4.69) is 35.8 Å². The normalized spacial score (nSPS) is 23.6. The number of phenolic OH excluding ortho intramolecular Hbond substituents is 1. The number of hydrogen-bond donors (Lipinski definition) is 1. The first-order valence-corrected chi connectivity index (χ1v) is 14.9. The van der Waals surface area contributed by atoms with Crippen LogP contribution < -0.4 is 0 Å². The minimum absolute atomic E-state index is 0.0166. The Bertz CT molecular complexity index is 1180. The predicted molar refractivity (Wildman–Crippen MR) is 155 cm³/mol. The lowest BCUT2D eigenvalue weighted by atomic mass is 9.92. The van der Waals surface area contributed by atoms with Crippen LogP contribution in [0.3, 0.4) is 0 Å². The largest absolute Gasteiger partial charge is 0.508 e. The lowest BCUT2D eigenvalue weighted by Crippen LogP contribution is -2.57. The molecule has 1 unspecified atom stereocenters. The number of hydrogen-bond acceptors (Lipinski definition) is 7. The van der Waals surface area contributed by atoms with Gasteiger partial charge in [0.2, 0.25) is 0 Å². The first-order valence-electron chi connectivity index (χ1n) is 14.9. The van der Waals surface area contributed by atoms with Crippen LogP contribution in [0.25, 0.3) is 0 Å². The molecular formula is C32H44N4O4. The summed E-state index contributed by atoms with van der Waals surface area (Å²) in [6.45, 7) is 12.7. The van der Waals surface area contributed by atoms with Gasteiger partial charge in [-0.3, -0.25) is 24.3 Å². The number of rotatable bonds is 9. The molecule has 2 saturated heterocycles. The quantitative estimate of drug-likeness (QED) is 0.480. The zero-order valence-corrected chi connectivity index (χ0v) is 24.2. The molecular weight excluding hydrogens is 504 g/mol. The molecule has 1 N–H and O–H groups in total. The summed E-state index contributed by atoms with van der Waals surface area (Å²) >= 11 is 0. The molecule has 0 aromatic heterocycles. The third-order valence-corrected chi connectivity index (χ3v) is 8.64. The Labute approximate surface area is 238 Å². The molecule has 1 saturated carbocycles. The summed E-state index contributed by atoms with van der Waals surface area (Å²) in [5.41, 5.74) is 2.77. The van der Waals surface area contributed by atoms with E-state index in [1.165, 1.54) is 19.4 Å². The Morgan fingerprint density at radius 3 is 2.33 bits per heavy atom. The molecule has 0 spiro atoms. The number of carbonyl (C=O) groups excluding carboxylic acids is 2. The SMILES string of the molecule is CCOC(=O)CN1CCN(C(=O)c2cccc(C(c3cccc(O)c3)N3C[C@@H](C)N(CC4CC4)C[C@@H]3C)c2)CC1. The van der Waals surface area contributed by atoms with Crippen molar-refractivity contribution in [3.05, 3.63) is 65.2 Å². The number of nitrogens with zero attached hydrogens (tertiary/aromatic N) is 4. The average Bonchev–Trinajstić information content (AvgIpc) is 3.76. The van der Waals surface area contributed by atoms with Gasteiger partial charge < -0.3 is 14.7 Å². The van der Waals surface area contributed by atoms with Crippen LogP contribution in [0.4, 0.5) is 0 Å². The van der Waals surface area contributed by atoms with Gasteiger partial charge in [-0.15, -0.1) is 0 Å². The number of piperazine rings is 2. The molecule has 5 rings (SSSR count). The molecule has 216 valence electrons. The number of aromatic hydroxyl groups is 1. The summed E-state index contributed by atoms with van der Waals surface area (Å²) in [7, 11) is 0. The Morgan fingerprint density at radius 2 is 1.65 bits per heavy atom. The number of phenols is 1. The Hall–Kier alpha value is -2.94. The molecule has 8 heteroatoms. The summed E-state index contributed by atoms with van der Waals surface area (Å²) in [4.78, 5) is 34.6. The summed E-state index contributed by atoms with van der Waals surface area (Å²) in [5, 5.41) is 10.4. The highest BCUT2D eigenvalue weighted by Crippen LogP contribution is 2.37. The maximum Gasteiger partial charge on any atom is 0.320 e. The van der Waals surface area contributed by atoms with E-state index in [-0.39, 0.29) is 30.2 Å². The van der Waals surface area contributed by atoms with Gasteiger partial charge in [0.05, 0.1) is 19.2 Å². The third kappa shape index (κ3) is 6.85. The highest BCUT2D eigenvalue weighted by atomic mass is 16.5. The van der Waals surface area contributed by atoms with Crippen molar-refractivity contribution in [3.8, 4) is 5.75 Å². The average molecular weight is 549 g/mol. The molecule has 0 bridgehead atoms. The highest BCUT2D eigenvalue weighted by molar-refractivity contribution is 5.94. The number of carbonyl (C=O) groups is 2. The Morgan fingerprint density at radius 1 is 0.950 bits per heavy atom. The first kappa shape index (κ1) is 28.6. The topological polar surface area (TPSA) is 76.6 Å². The van der Waals surface area contributed by atoms with Crippen LogP contribution in [0.5, 0.6) is 5.75 Å². The second-order valence-electron chi connectivity index (χ2n) is 11.8. The van der Waals surface area contributed by atoms with Gasteiger partial charge in [0.1, 0.15) is 5.75 Å². The van der Waals surface area contributed by atoms with E-state index in [1.807, 2.05) is 47.1 Å². The Kier molecular flexibility index (Phi) is 9.08. The summed E-state index contributed by atoms with van der Waals surface area (Å²) in [6, 6.07) is 16.3. The second kappa shape index (κ2) is 12.7. The van der Waals surface area contributed by atoms with E-state index in [1.54, 1.807) is 6.07 Å². The summed E-state index contributed by atoms with van der Waals surface area (Å²) in [5.74, 6) is 0.911. The molecule has 2 aromatic carbocycles. The fourth-order valence-electron chi connectivity index (χ4n) is 6.26. The molecule has 3 atom stereocenters. The van der Waals surface area contributed by atoms with Crippen molar-refractivity contribution < 1.29 is 19.4 Å². The Balaban J connectivity index is 1.34. The highest BCUT2D eigenvalue weighted by Gasteiger charge is 2.37. The molecule has 1 aliphatic carbocycles. The van der Waals surface area contributed by atoms with Gasteiger partial charge in [0.25, 0.3) is 5.91 Å². The van der Waals surface area contributed by atoms with Crippen LogP contribution in [-0.4, -0.2) is 108 Å². The summed E-state index contributed by atoms with van der Waals surface area (Å²) in [6.07, 6.45) is 2.71. The number of ether oxygens (including phenoxy) is 1. The van der Waals surface area contributed by atoms with Gasteiger partial charge in [0, 0.05) is 63.5 Å². The number of esters is 1. The molecule has 0 radical (unpaired) electrons. The van der Waals surface area contributed by atoms with E-state index in [0.717, 1.165) is 30.1 Å². The molecule has 1 amide bonds. The molecule has 2 heterocycles. The monoisotopic (exact) mass is 548 g/mol. The van der Waals surface area contributed by atoms with Gasteiger partial charge in [0.15, 0.2) is 0 Å². The van der Waals surface area contributed by atoms with Gasteiger partial charge in [-0.1, -0.05) is 24.3 Å². The van der Waals surface area contributed by atoms with Crippen LogP contribution in [0, 0.1) is 5.92 Å². The van der Waals surface area contributed by atoms with Crippen molar-refractivity contribution >= 4 is 11.9 Å². The van der Waals surface area contributed by atoms with E-state index in [4.69, 9.17) is 4.74 Å². The van der Waals surface area contributed by atoms with Gasteiger partial charge in [-0.05, 0) is 74.9 Å². The van der Waals surface area contributed by atoms with E-state index < -0.39 is 0 Å². The van der Waals surface area contributed by atoms with Crippen LogP contribution in [0.15, 0.2) is 48.5 Å². The summed E-state index contributed by atoms with van der Waals surface area (Å²) < 4.78 is 5.07. The van der Waals surface area contributed by atoms with Gasteiger partial charge in [-0.25, -0.2) is 0 Å². The van der Waals surface area contributed by atoms with E-state index >= 15 is 0 Å².